The van der Waals surface area contributed by atoms with Gasteiger partial charge in [-0.2, -0.15) is 0 Å². The highest BCUT2D eigenvalue weighted by atomic mass is 15.1. The summed E-state index contributed by atoms with van der Waals surface area (Å²) in [7, 11) is 0. The molecule has 0 unspecified atom stereocenters. The fourth-order valence-electron chi connectivity index (χ4n) is 6.28. The third-order valence-electron chi connectivity index (χ3n) is 8.21. The van der Waals surface area contributed by atoms with E-state index < -0.39 is 0 Å². The van der Waals surface area contributed by atoms with Crippen molar-refractivity contribution in [3.05, 3.63) is 164 Å². The Morgan fingerprint density at radius 3 is 1.20 bits per heavy atom. The molecule has 8 aromatic rings. The number of nitrogens with zero attached hydrogens (tertiary/aromatic N) is 1. The molecule has 0 heterocycles. The maximum absolute atomic E-state index is 2.46. The third-order valence-corrected chi connectivity index (χ3v) is 8.21. The maximum Gasteiger partial charge on any atom is 0.0546 e. The first kappa shape index (κ1) is 23.5. The molecule has 0 aromatic heterocycles. The molecule has 0 atom stereocenters. The second-order valence-corrected chi connectivity index (χ2v) is 10.6. The molecule has 0 aliphatic carbocycles. The molecular formula is C40H27N. The van der Waals surface area contributed by atoms with Crippen molar-refractivity contribution < 1.29 is 0 Å². The average Bonchev–Trinajstić information content (AvgIpc) is 3.06. The molecule has 8 aromatic carbocycles. The van der Waals surface area contributed by atoms with Crippen LogP contribution in [-0.2, 0) is 0 Å². The Balaban J connectivity index is 1.46. The van der Waals surface area contributed by atoms with Crippen molar-refractivity contribution in [2.45, 2.75) is 0 Å². The van der Waals surface area contributed by atoms with Gasteiger partial charge < -0.3 is 4.90 Å². The second kappa shape index (κ2) is 9.66. The van der Waals surface area contributed by atoms with Crippen molar-refractivity contribution in [3.8, 4) is 11.1 Å². The smallest absolute Gasteiger partial charge is 0.0546 e. The summed E-state index contributed by atoms with van der Waals surface area (Å²) in [5, 5.41) is 10.00. The molecule has 0 bridgehead atoms. The van der Waals surface area contributed by atoms with Crippen molar-refractivity contribution in [3.63, 3.8) is 0 Å². The minimum atomic E-state index is 1.13. The lowest BCUT2D eigenvalue weighted by molar-refractivity contribution is 1.32. The van der Waals surface area contributed by atoms with E-state index in [1.54, 1.807) is 0 Å². The van der Waals surface area contributed by atoms with Crippen molar-refractivity contribution in [2.75, 3.05) is 4.90 Å². The number of benzene rings is 8. The summed E-state index contributed by atoms with van der Waals surface area (Å²) in [6.45, 7) is 0. The lowest BCUT2D eigenvalue weighted by atomic mass is 9.96. The Kier molecular flexibility index (Phi) is 5.53. The first-order chi connectivity index (χ1) is 20.3. The van der Waals surface area contributed by atoms with Gasteiger partial charge >= 0.3 is 0 Å². The summed E-state index contributed by atoms with van der Waals surface area (Å²) >= 11 is 0. The first-order valence-corrected chi connectivity index (χ1v) is 14.1. The third kappa shape index (κ3) is 3.94. The molecule has 1 nitrogen and oxygen atoms in total. The number of hydrogen-bond donors (Lipinski definition) is 0. The molecule has 0 amide bonds. The first-order valence-electron chi connectivity index (χ1n) is 14.1. The standard InChI is InChI=1S/C40H27N/c1-2-12-28(13-3-1)29-22-24-32(25-23-29)41(39-26-30-14-4-6-16-33(30)35-18-8-10-20-37(35)39)40-27-31-15-5-7-17-34(31)36-19-9-11-21-38(36)40/h1-27H. The van der Waals surface area contributed by atoms with Crippen LogP contribution in [-0.4, -0.2) is 0 Å². The van der Waals surface area contributed by atoms with E-state index in [1.807, 2.05) is 0 Å². The fraction of sp³-hybridized carbons (Fsp3) is 0. The van der Waals surface area contributed by atoms with Crippen molar-refractivity contribution in [2.24, 2.45) is 0 Å². The topological polar surface area (TPSA) is 3.24 Å². The van der Waals surface area contributed by atoms with Crippen LogP contribution < -0.4 is 4.90 Å². The fourth-order valence-corrected chi connectivity index (χ4v) is 6.28. The van der Waals surface area contributed by atoms with E-state index >= 15 is 0 Å². The highest BCUT2D eigenvalue weighted by Crippen LogP contribution is 2.46. The molecule has 0 aliphatic rings. The van der Waals surface area contributed by atoms with Crippen LogP contribution in [0, 0.1) is 0 Å². The zero-order valence-electron chi connectivity index (χ0n) is 22.5. The minimum Gasteiger partial charge on any atom is -0.309 e. The van der Waals surface area contributed by atoms with Crippen molar-refractivity contribution in [1.29, 1.82) is 0 Å². The maximum atomic E-state index is 2.46. The van der Waals surface area contributed by atoms with Crippen LogP contribution in [0.1, 0.15) is 0 Å². The van der Waals surface area contributed by atoms with Gasteiger partial charge in [-0.3, -0.25) is 0 Å². The molecule has 0 fully saturated rings. The molecule has 0 spiro atoms. The summed E-state index contributed by atoms with van der Waals surface area (Å²) < 4.78 is 0. The van der Waals surface area contributed by atoms with Crippen molar-refractivity contribution >= 4 is 60.2 Å². The minimum absolute atomic E-state index is 1.13. The summed E-state index contributed by atoms with van der Waals surface area (Å²) in [6.07, 6.45) is 0. The predicted molar refractivity (Wildman–Crippen MR) is 177 cm³/mol. The van der Waals surface area contributed by atoms with Gasteiger partial charge in [0.2, 0.25) is 0 Å². The molecule has 0 saturated carbocycles. The normalized spacial score (nSPS) is 11.4. The van der Waals surface area contributed by atoms with Crippen molar-refractivity contribution in [1.82, 2.24) is 0 Å². The number of anilines is 3. The molecule has 1 heteroatoms. The number of hydrogen-bond acceptors (Lipinski definition) is 1. The molecule has 41 heavy (non-hydrogen) atoms. The van der Waals surface area contributed by atoms with E-state index in [1.165, 1.54) is 65.6 Å². The SMILES string of the molecule is c1ccc(-c2ccc(N(c3cc4ccccc4c4ccccc34)c3cc4ccccc4c4ccccc34)cc2)cc1. The molecule has 8 rings (SSSR count). The quantitative estimate of drug-likeness (QED) is 0.208. The van der Waals surface area contributed by atoms with Gasteiger partial charge in [0.05, 0.1) is 11.4 Å². The summed E-state index contributed by atoms with van der Waals surface area (Å²) in [5.41, 5.74) is 5.91. The predicted octanol–water partition coefficient (Wildman–Crippen LogP) is 11.4. The highest BCUT2D eigenvalue weighted by molar-refractivity contribution is 6.18. The van der Waals surface area contributed by atoms with Gasteiger partial charge in [-0.25, -0.2) is 0 Å². The van der Waals surface area contributed by atoms with Gasteiger partial charge in [0.25, 0.3) is 0 Å². The van der Waals surface area contributed by atoms with E-state index in [0.29, 0.717) is 0 Å². The Morgan fingerprint density at radius 2 is 0.683 bits per heavy atom. The average molecular weight is 522 g/mol. The van der Waals surface area contributed by atoms with Gasteiger partial charge in [0.1, 0.15) is 0 Å². The lowest BCUT2D eigenvalue weighted by Crippen LogP contribution is -2.11. The van der Waals surface area contributed by atoms with Gasteiger partial charge in [-0.15, -0.1) is 0 Å². The summed E-state index contributed by atoms with van der Waals surface area (Å²) in [4.78, 5) is 2.46. The van der Waals surface area contributed by atoms with Crippen LogP contribution in [0.3, 0.4) is 0 Å². The van der Waals surface area contributed by atoms with E-state index in [2.05, 4.69) is 169 Å². The largest absolute Gasteiger partial charge is 0.309 e. The van der Waals surface area contributed by atoms with Gasteiger partial charge in [-0.1, -0.05) is 140 Å². The molecular weight excluding hydrogens is 494 g/mol. The molecule has 0 saturated heterocycles. The second-order valence-electron chi connectivity index (χ2n) is 10.6. The highest BCUT2D eigenvalue weighted by Gasteiger charge is 2.20. The van der Waals surface area contributed by atoms with Crippen LogP contribution in [0.5, 0.6) is 0 Å². The molecule has 0 N–H and O–H groups in total. The zero-order chi connectivity index (χ0) is 27.2. The van der Waals surface area contributed by atoms with E-state index in [4.69, 9.17) is 0 Å². The zero-order valence-corrected chi connectivity index (χ0v) is 22.5. The van der Waals surface area contributed by atoms with Gasteiger partial charge in [0, 0.05) is 16.5 Å². The van der Waals surface area contributed by atoms with E-state index in [0.717, 1.165) is 5.69 Å². The van der Waals surface area contributed by atoms with Crippen LogP contribution >= 0.6 is 0 Å². The Labute approximate surface area is 239 Å². The molecule has 0 radical (unpaired) electrons. The van der Waals surface area contributed by atoms with Gasteiger partial charge in [0.15, 0.2) is 0 Å². The summed E-state index contributed by atoms with van der Waals surface area (Å²) in [6, 6.07) is 59.3. The van der Waals surface area contributed by atoms with Crippen LogP contribution in [0.25, 0.3) is 54.2 Å². The number of fused-ring (bicyclic) bond motifs is 6. The molecule has 0 aliphatic heterocycles. The monoisotopic (exact) mass is 521 g/mol. The lowest BCUT2D eigenvalue weighted by Gasteiger charge is -2.29. The number of rotatable bonds is 4. The Bertz CT molecular complexity index is 2080. The van der Waals surface area contributed by atoms with Crippen LogP contribution in [0.15, 0.2) is 164 Å². The summed E-state index contributed by atoms with van der Waals surface area (Å²) in [5.74, 6) is 0. The van der Waals surface area contributed by atoms with E-state index in [9.17, 15) is 0 Å². The van der Waals surface area contributed by atoms with Gasteiger partial charge in [-0.05, 0) is 67.7 Å². The van der Waals surface area contributed by atoms with Crippen LogP contribution in [0.4, 0.5) is 17.1 Å². The van der Waals surface area contributed by atoms with E-state index in [-0.39, 0.29) is 0 Å². The Hall–Kier alpha value is -5.40. The molecule has 192 valence electrons. The Morgan fingerprint density at radius 1 is 0.293 bits per heavy atom. The van der Waals surface area contributed by atoms with Crippen LogP contribution in [0.2, 0.25) is 0 Å².